The zero-order valence-corrected chi connectivity index (χ0v) is 9.54. The van der Waals surface area contributed by atoms with Gasteiger partial charge in [0.1, 0.15) is 0 Å². The van der Waals surface area contributed by atoms with Crippen molar-refractivity contribution < 1.29 is 9.90 Å². The maximum absolute atomic E-state index is 10.7. The fourth-order valence-electron chi connectivity index (χ4n) is 2.56. The van der Waals surface area contributed by atoms with Crippen molar-refractivity contribution in [3.8, 4) is 0 Å². The molecule has 90 valence electrons. The zero-order chi connectivity index (χ0) is 11.8. The maximum atomic E-state index is 10.7. The van der Waals surface area contributed by atoms with Gasteiger partial charge in [0.15, 0.2) is 0 Å². The van der Waals surface area contributed by atoms with Crippen LogP contribution in [0.4, 0.5) is 4.79 Å². The van der Waals surface area contributed by atoms with E-state index < -0.39 is 6.09 Å². The number of rotatable bonds is 1. The van der Waals surface area contributed by atoms with Gasteiger partial charge in [0.2, 0.25) is 0 Å². The van der Waals surface area contributed by atoms with Gasteiger partial charge in [0, 0.05) is 44.6 Å². The second kappa shape index (κ2) is 4.00. The van der Waals surface area contributed by atoms with Crippen LogP contribution in [0.15, 0.2) is 18.5 Å². The highest BCUT2D eigenvalue weighted by Crippen LogP contribution is 2.23. The van der Waals surface area contributed by atoms with Gasteiger partial charge in [0.05, 0.1) is 0 Å². The largest absolute Gasteiger partial charge is 0.465 e. The minimum atomic E-state index is -0.805. The molecule has 1 saturated heterocycles. The third-order valence-electron chi connectivity index (χ3n) is 3.70. The minimum absolute atomic E-state index is 0.388. The van der Waals surface area contributed by atoms with Crippen molar-refractivity contribution in [2.24, 2.45) is 0 Å². The summed E-state index contributed by atoms with van der Waals surface area (Å²) in [4.78, 5) is 18.7. The predicted octanol–water partition coefficient (Wildman–Crippen LogP) is 0.802. The van der Waals surface area contributed by atoms with Crippen LogP contribution in [0.3, 0.4) is 0 Å². The molecule has 5 heteroatoms. The monoisotopic (exact) mass is 233 g/mol. The highest BCUT2D eigenvalue weighted by atomic mass is 16.4. The van der Waals surface area contributed by atoms with Gasteiger partial charge < -0.3 is 10.0 Å². The highest BCUT2D eigenvalue weighted by Gasteiger charge is 2.35. The van der Waals surface area contributed by atoms with Gasteiger partial charge in [-0.25, -0.2) is 4.79 Å². The van der Waals surface area contributed by atoms with Gasteiger partial charge in [-0.1, -0.05) is 0 Å². The molecule has 0 spiro atoms. The lowest BCUT2D eigenvalue weighted by Crippen LogP contribution is -2.61. The van der Waals surface area contributed by atoms with E-state index in [0.29, 0.717) is 19.1 Å². The van der Waals surface area contributed by atoms with Gasteiger partial charge in [-0.05, 0) is 23.6 Å². The van der Waals surface area contributed by atoms with Gasteiger partial charge >= 0.3 is 6.09 Å². The molecule has 0 unspecified atom stereocenters. The number of nitrogens with zero attached hydrogens (tertiary/aromatic N) is 3. The van der Waals surface area contributed by atoms with Gasteiger partial charge in [-0.2, -0.15) is 0 Å². The summed E-state index contributed by atoms with van der Waals surface area (Å²) in [5.74, 6) is 0. The second-order valence-electron chi connectivity index (χ2n) is 4.71. The molecule has 2 aliphatic heterocycles. The molecule has 1 aromatic heterocycles. The molecular weight excluding hydrogens is 218 g/mol. The average molecular weight is 233 g/mol. The van der Waals surface area contributed by atoms with Crippen molar-refractivity contribution in [3.63, 3.8) is 0 Å². The van der Waals surface area contributed by atoms with E-state index in [1.54, 1.807) is 0 Å². The summed E-state index contributed by atoms with van der Waals surface area (Å²) in [5, 5.41) is 8.80. The molecule has 0 bridgehead atoms. The predicted molar refractivity (Wildman–Crippen MR) is 61.7 cm³/mol. The molecule has 3 rings (SSSR count). The Morgan fingerprint density at radius 1 is 1.41 bits per heavy atom. The summed E-state index contributed by atoms with van der Waals surface area (Å²) in [6, 6.07) is 2.47. The van der Waals surface area contributed by atoms with Crippen molar-refractivity contribution in [2.75, 3.05) is 19.6 Å². The number of aromatic nitrogens is 1. The summed E-state index contributed by atoms with van der Waals surface area (Å²) >= 11 is 0. The second-order valence-corrected chi connectivity index (χ2v) is 4.71. The topological polar surface area (TPSA) is 56.7 Å². The van der Waals surface area contributed by atoms with Crippen LogP contribution in [0.5, 0.6) is 0 Å². The Kier molecular flexibility index (Phi) is 2.48. The molecule has 1 N–H and O–H groups in total. The van der Waals surface area contributed by atoms with Crippen LogP contribution in [-0.4, -0.2) is 51.7 Å². The van der Waals surface area contributed by atoms with E-state index in [-0.39, 0.29) is 0 Å². The smallest absolute Gasteiger partial charge is 0.407 e. The lowest BCUT2D eigenvalue weighted by Gasteiger charge is -2.45. The lowest BCUT2D eigenvalue weighted by molar-refractivity contribution is 0.0300. The summed E-state index contributed by atoms with van der Waals surface area (Å²) in [5.41, 5.74) is 2.66. The van der Waals surface area contributed by atoms with Crippen LogP contribution < -0.4 is 0 Å². The average Bonchev–Trinajstić information content (AvgIpc) is 2.26. The first-order chi connectivity index (χ1) is 8.24. The van der Waals surface area contributed by atoms with Crippen LogP contribution in [0.2, 0.25) is 0 Å². The molecule has 17 heavy (non-hydrogen) atoms. The fraction of sp³-hybridized carbons (Fsp3) is 0.500. The first-order valence-corrected chi connectivity index (χ1v) is 5.88. The summed E-state index contributed by atoms with van der Waals surface area (Å²) in [6.07, 6.45) is 4.00. The van der Waals surface area contributed by atoms with Gasteiger partial charge in [0.25, 0.3) is 0 Å². The standard InChI is InChI=1S/C12H15N3O2/c16-12(17)15-7-11(8-15)14-4-2-9-1-3-13-5-10(9)6-14/h1,3,5,11H,2,4,6-8H2,(H,16,17). The van der Waals surface area contributed by atoms with Crippen molar-refractivity contribution in [1.29, 1.82) is 0 Å². The van der Waals surface area contributed by atoms with Crippen molar-refractivity contribution in [2.45, 2.75) is 19.0 Å². The van der Waals surface area contributed by atoms with Crippen molar-refractivity contribution in [3.05, 3.63) is 29.6 Å². The van der Waals surface area contributed by atoms with E-state index in [1.807, 2.05) is 12.4 Å². The van der Waals surface area contributed by atoms with Crippen LogP contribution in [-0.2, 0) is 13.0 Å². The summed E-state index contributed by atoms with van der Waals surface area (Å²) < 4.78 is 0. The number of fused-ring (bicyclic) bond motifs is 1. The summed E-state index contributed by atoms with van der Waals surface area (Å²) in [6.45, 7) is 3.21. The molecule has 0 atom stereocenters. The first kappa shape index (κ1) is 10.5. The number of hydrogen-bond acceptors (Lipinski definition) is 3. The van der Waals surface area contributed by atoms with E-state index >= 15 is 0 Å². The fourth-order valence-corrected chi connectivity index (χ4v) is 2.56. The van der Waals surface area contributed by atoms with Crippen LogP contribution >= 0.6 is 0 Å². The Bertz CT molecular complexity index is 443. The molecule has 0 aliphatic carbocycles. The first-order valence-electron chi connectivity index (χ1n) is 5.88. The normalized spacial score (nSPS) is 20.8. The third kappa shape index (κ3) is 1.86. The minimum Gasteiger partial charge on any atom is -0.465 e. The molecule has 3 heterocycles. The Morgan fingerprint density at radius 2 is 2.24 bits per heavy atom. The van der Waals surface area contributed by atoms with Crippen LogP contribution in [0.1, 0.15) is 11.1 Å². The van der Waals surface area contributed by atoms with E-state index in [1.165, 1.54) is 16.0 Å². The number of carbonyl (C=O) groups is 1. The number of pyridine rings is 1. The van der Waals surface area contributed by atoms with Crippen molar-refractivity contribution in [1.82, 2.24) is 14.8 Å². The van der Waals surface area contributed by atoms with Gasteiger partial charge in [-0.3, -0.25) is 9.88 Å². The molecule has 0 aromatic carbocycles. The number of hydrogen-bond donors (Lipinski definition) is 1. The Morgan fingerprint density at radius 3 is 3.00 bits per heavy atom. The molecule has 1 fully saturated rings. The molecular formula is C12H15N3O2. The Balaban J connectivity index is 1.64. The van der Waals surface area contributed by atoms with E-state index in [0.717, 1.165) is 19.5 Å². The number of amides is 1. The number of carboxylic acid groups (broad SMARTS) is 1. The van der Waals surface area contributed by atoms with Crippen LogP contribution in [0, 0.1) is 0 Å². The van der Waals surface area contributed by atoms with E-state index in [2.05, 4.69) is 16.0 Å². The SMILES string of the molecule is O=C(O)N1CC(N2CCc3ccncc3C2)C1. The van der Waals surface area contributed by atoms with Crippen LogP contribution in [0.25, 0.3) is 0 Å². The molecule has 5 nitrogen and oxygen atoms in total. The van der Waals surface area contributed by atoms with Gasteiger partial charge in [-0.15, -0.1) is 0 Å². The molecule has 1 aromatic rings. The molecule has 0 saturated carbocycles. The Hall–Kier alpha value is -1.62. The molecule has 1 amide bonds. The zero-order valence-electron chi connectivity index (χ0n) is 9.54. The number of likely N-dealkylation sites (tertiary alicyclic amines) is 1. The molecule has 0 radical (unpaired) electrons. The highest BCUT2D eigenvalue weighted by molar-refractivity contribution is 5.66. The van der Waals surface area contributed by atoms with E-state index in [9.17, 15) is 4.79 Å². The van der Waals surface area contributed by atoms with E-state index in [4.69, 9.17) is 5.11 Å². The Labute approximate surface area is 99.7 Å². The van der Waals surface area contributed by atoms with Crippen molar-refractivity contribution >= 4 is 6.09 Å². The summed E-state index contributed by atoms with van der Waals surface area (Å²) in [7, 11) is 0. The quantitative estimate of drug-likeness (QED) is 0.779. The lowest BCUT2D eigenvalue weighted by atomic mass is 9.98. The third-order valence-corrected chi connectivity index (χ3v) is 3.70. The maximum Gasteiger partial charge on any atom is 0.407 e. The molecule has 2 aliphatic rings.